The zero-order valence-corrected chi connectivity index (χ0v) is 17.6. The molecule has 0 radical (unpaired) electrons. The lowest BCUT2D eigenvalue weighted by Crippen LogP contribution is -2.41. The van der Waals surface area contributed by atoms with Gasteiger partial charge in [-0.05, 0) is 56.0 Å². The van der Waals surface area contributed by atoms with Crippen molar-refractivity contribution in [3.8, 4) is 0 Å². The zero-order chi connectivity index (χ0) is 19.9. The van der Waals surface area contributed by atoms with Gasteiger partial charge in [0.25, 0.3) is 10.0 Å². The number of amides is 1. The quantitative estimate of drug-likeness (QED) is 0.508. The fourth-order valence-electron chi connectivity index (χ4n) is 2.49. The lowest BCUT2D eigenvalue weighted by Gasteiger charge is -2.24. The monoisotopic (exact) mass is 406 g/mol. The molecule has 0 unspecified atom stereocenters. The Morgan fingerprint density at radius 1 is 1.07 bits per heavy atom. The summed E-state index contributed by atoms with van der Waals surface area (Å²) in [6.07, 6.45) is 3.75. The molecular formula is C20H26N2O3S2. The van der Waals surface area contributed by atoms with E-state index in [0.717, 1.165) is 23.3 Å². The molecule has 0 heterocycles. The van der Waals surface area contributed by atoms with E-state index >= 15 is 0 Å². The Balaban J connectivity index is 2.34. The lowest BCUT2D eigenvalue weighted by atomic mass is 10.2. The van der Waals surface area contributed by atoms with Crippen LogP contribution in [0.25, 0.3) is 0 Å². The van der Waals surface area contributed by atoms with Crippen LogP contribution in [-0.2, 0) is 14.8 Å². The number of nitrogens with zero attached hydrogens (tertiary/aromatic N) is 1. The van der Waals surface area contributed by atoms with Crippen LogP contribution in [0.1, 0.15) is 25.3 Å². The van der Waals surface area contributed by atoms with Crippen molar-refractivity contribution in [3.63, 3.8) is 0 Å². The van der Waals surface area contributed by atoms with Crippen LogP contribution in [0.4, 0.5) is 5.69 Å². The average molecular weight is 407 g/mol. The molecular weight excluding hydrogens is 380 g/mol. The standard InChI is InChI=1S/C20H26N2O3S2/c1-4-5-14-21-20(23)15-22(17-8-6-16(2)7-9-17)27(24,25)19-12-10-18(26-3)11-13-19/h6-13H,4-5,14-15H2,1-3H3,(H,21,23). The first-order chi connectivity index (χ1) is 12.9. The minimum Gasteiger partial charge on any atom is -0.355 e. The van der Waals surface area contributed by atoms with Gasteiger partial charge in [0.2, 0.25) is 5.91 Å². The van der Waals surface area contributed by atoms with Crippen LogP contribution in [-0.4, -0.2) is 33.7 Å². The molecule has 0 fully saturated rings. The molecule has 27 heavy (non-hydrogen) atoms. The first-order valence-corrected chi connectivity index (χ1v) is 11.5. The summed E-state index contributed by atoms with van der Waals surface area (Å²) in [5.41, 5.74) is 1.49. The van der Waals surface area contributed by atoms with Crippen LogP contribution in [0.15, 0.2) is 58.3 Å². The molecule has 0 bridgehead atoms. The Bertz CT molecular complexity index is 848. The maximum Gasteiger partial charge on any atom is 0.264 e. The number of carbonyl (C=O) groups is 1. The van der Waals surface area contributed by atoms with E-state index in [1.807, 2.05) is 32.2 Å². The van der Waals surface area contributed by atoms with Gasteiger partial charge in [-0.15, -0.1) is 11.8 Å². The van der Waals surface area contributed by atoms with Crippen molar-refractivity contribution in [3.05, 3.63) is 54.1 Å². The van der Waals surface area contributed by atoms with Crippen molar-refractivity contribution in [2.24, 2.45) is 0 Å². The molecule has 5 nitrogen and oxygen atoms in total. The predicted octanol–water partition coefficient (Wildman–Crippen LogP) is 3.83. The van der Waals surface area contributed by atoms with E-state index in [2.05, 4.69) is 5.32 Å². The van der Waals surface area contributed by atoms with Gasteiger partial charge in [0.05, 0.1) is 10.6 Å². The van der Waals surface area contributed by atoms with E-state index in [1.165, 1.54) is 4.31 Å². The highest BCUT2D eigenvalue weighted by molar-refractivity contribution is 7.98. The predicted molar refractivity (Wildman–Crippen MR) is 112 cm³/mol. The zero-order valence-electron chi connectivity index (χ0n) is 15.9. The molecule has 2 rings (SSSR count). The molecule has 146 valence electrons. The van der Waals surface area contributed by atoms with Gasteiger partial charge < -0.3 is 5.32 Å². The molecule has 0 aromatic heterocycles. The summed E-state index contributed by atoms with van der Waals surface area (Å²) < 4.78 is 27.6. The lowest BCUT2D eigenvalue weighted by molar-refractivity contribution is -0.119. The molecule has 7 heteroatoms. The highest BCUT2D eigenvalue weighted by atomic mass is 32.2. The molecule has 1 N–H and O–H groups in total. The van der Waals surface area contributed by atoms with Crippen molar-refractivity contribution in [1.29, 1.82) is 0 Å². The third-order valence-corrected chi connectivity index (χ3v) is 6.64. The number of anilines is 1. The van der Waals surface area contributed by atoms with Gasteiger partial charge in [-0.25, -0.2) is 8.42 Å². The van der Waals surface area contributed by atoms with Gasteiger partial charge in [-0.3, -0.25) is 9.10 Å². The van der Waals surface area contributed by atoms with Crippen LogP contribution in [0.5, 0.6) is 0 Å². The van der Waals surface area contributed by atoms with E-state index in [1.54, 1.807) is 48.2 Å². The van der Waals surface area contributed by atoms with Crippen molar-refractivity contribution in [1.82, 2.24) is 5.32 Å². The second kappa shape index (κ2) is 9.80. The van der Waals surface area contributed by atoms with E-state index in [-0.39, 0.29) is 17.3 Å². The molecule has 0 saturated heterocycles. The minimum absolute atomic E-state index is 0.169. The number of hydrogen-bond acceptors (Lipinski definition) is 4. The Morgan fingerprint density at radius 2 is 1.70 bits per heavy atom. The smallest absolute Gasteiger partial charge is 0.264 e. The Kier molecular flexibility index (Phi) is 7.74. The highest BCUT2D eigenvalue weighted by Crippen LogP contribution is 2.25. The molecule has 0 aliphatic heterocycles. The Labute approximate surface area is 166 Å². The second-order valence-corrected chi connectivity index (χ2v) is 8.97. The minimum atomic E-state index is -3.85. The van der Waals surface area contributed by atoms with E-state index in [4.69, 9.17) is 0 Å². The van der Waals surface area contributed by atoms with Crippen LogP contribution >= 0.6 is 11.8 Å². The molecule has 1 amide bonds. The first kappa shape index (κ1) is 21.3. The molecule has 0 aliphatic carbocycles. The number of carbonyl (C=O) groups excluding carboxylic acids is 1. The maximum absolute atomic E-state index is 13.2. The Morgan fingerprint density at radius 3 is 2.26 bits per heavy atom. The Hall–Kier alpha value is -1.99. The van der Waals surface area contributed by atoms with Crippen LogP contribution in [0.2, 0.25) is 0 Å². The molecule has 0 spiro atoms. The summed E-state index contributed by atoms with van der Waals surface area (Å²) >= 11 is 1.54. The largest absolute Gasteiger partial charge is 0.355 e. The van der Waals surface area contributed by atoms with Crippen molar-refractivity contribution in [2.75, 3.05) is 23.7 Å². The molecule has 0 atom stereocenters. The topological polar surface area (TPSA) is 66.5 Å². The average Bonchev–Trinajstić information content (AvgIpc) is 2.67. The van der Waals surface area contributed by atoms with Crippen LogP contribution in [0, 0.1) is 6.92 Å². The third-order valence-electron chi connectivity index (χ3n) is 4.11. The van der Waals surface area contributed by atoms with Crippen molar-refractivity contribution < 1.29 is 13.2 Å². The van der Waals surface area contributed by atoms with Gasteiger partial charge in [-0.2, -0.15) is 0 Å². The normalized spacial score (nSPS) is 11.2. The highest BCUT2D eigenvalue weighted by Gasteiger charge is 2.27. The van der Waals surface area contributed by atoms with Gasteiger partial charge in [0.15, 0.2) is 0 Å². The fourth-order valence-corrected chi connectivity index (χ4v) is 4.32. The first-order valence-electron chi connectivity index (χ1n) is 8.88. The number of hydrogen-bond donors (Lipinski definition) is 1. The molecule has 2 aromatic rings. The number of unbranched alkanes of at least 4 members (excludes halogenated alkanes) is 1. The second-order valence-electron chi connectivity index (χ2n) is 6.23. The number of nitrogens with one attached hydrogen (secondary N) is 1. The van der Waals surface area contributed by atoms with E-state index in [9.17, 15) is 13.2 Å². The number of aryl methyl sites for hydroxylation is 1. The summed E-state index contributed by atoms with van der Waals surface area (Å²) in [7, 11) is -3.85. The summed E-state index contributed by atoms with van der Waals surface area (Å²) in [5.74, 6) is -0.312. The number of sulfonamides is 1. The van der Waals surface area contributed by atoms with Gasteiger partial charge in [0.1, 0.15) is 6.54 Å². The van der Waals surface area contributed by atoms with Gasteiger partial charge >= 0.3 is 0 Å². The van der Waals surface area contributed by atoms with Gasteiger partial charge in [0, 0.05) is 11.4 Å². The van der Waals surface area contributed by atoms with Gasteiger partial charge in [-0.1, -0.05) is 31.0 Å². The van der Waals surface area contributed by atoms with E-state index in [0.29, 0.717) is 12.2 Å². The van der Waals surface area contributed by atoms with Crippen LogP contribution in [0.3, 0.4) is 0 Å². The number of benzene rings is 2. The van der Waals surface area contributed by atoms with Crippen molar-refractivity contribution in [2.45, 2.75) is 36.5 Å². The van der Waals surface area contributed by atoms with Crippen molar-refractivity contribution >= 4 is 33.4 Å². The molecule has 2 aromatic carbocycles. The summed E-state index contributed by atoms with van der Waals surface area (Å²) in [5, 5.41) is 2.79. The van der Waals surface area contributed by atoms with Crippen LogP contribution < -0.4 is 9.62 Å². The SMILES string of the molecule is CCCCNC(=O)CN(c1ccc(C)cc1)S(=O)(=O)c1ccc(SC)cc1. The van der Waals surface area contributed by atoms with E-state index < -0.39 is 10.0 Å². The maximum atomic E-state index is 13.2. The number of rotatable bonds is 9. The summed E-state index contributed by atoms with van der Waals surface area (Å²) in [6, 6.07) is 13.8. The molecule has 0 aliphatic rings. The number of thioether (sulfide) groups is 1. The summed E-state index contributed by atoms with van der Waals surface area (Å²) in [6.45, 7) is 4.26. The summed E-state index contributed by atoms with van der Waals surface area (Å²) in [4.78, 5) is 13.5. The fraction of sp³-hybridized carbons (Fsp3) is 0.350. The molecule has 0 saturated carbocycles. The third kappa shape index (κ3) is 5.74.